The number of nitrogens with one attached hydrogen (secondary N) is 1. The Balaban J connectivity index is 1.25. The predicted molar refractivity (Wildman–Crippen MR) is 119 cm³/mol. The highest BCUT2D eigenvalue weighted by Gasteiger charge is 2.27. The fourth-order valence-electron chi connectivity index (χ4n) is 3.67. The van der Waals surface area contributed by atoms with Crippen LogP contribution in [-0.2, 0) is 11.3 Å². The molecule has 2 aromatic carbocycles. The minimum absolute atomic E-state index is 0.00341. The number of ether oxygens (including phenoxy) is 1. The van der Waals surface area contributed by atoms with Gasteiger partial charge in [-0.25, -0.2) is 0 Å². The third-order valence-corrected chi connectivity index (χ3v) is 5.33. The van der Waals surface area contributed by atoms with Crippen LogP contribution in [0.3, 0.4) is 0 Å². The summed E-state index contributed by atoms with van der Waals surface area (Å²) in [4.78, 5) is 14.7. The average molecular weight is 421 g/mol. The Morgan fingerprint density at radius 1 is 1.10 bits per heavy atom. The summed E-state index contributed by atoms with van der Waals surface area (Å²) in [6, 6.07) is 18.1. The van der Waals surface area contributed by atoms with Crippen molar-refractivity contribution in [3.8, 4) is 17.2 Å². The summed E-state index contributed by atoms with van der Waals surface area (Å²) in [5.41, 5.74) is 1.96. The molecular weight excluding hydrogens is 392 g/mol. The first-order chi connectivity index (χ1) is 15.1. The van der Waals surface area contributed by atoms with Gasteiger partial charge in [-0.05, 0) is 56.5 Å². The molecule has 162 valence electrons. The van der Waals surface area contributed by atoms with E-state index in [0.29, 0.717) is 18.5 Å². The van der Waals surface area contributed by atoms with E-state index in [9.17, 15) is 4.79 Å². The topological polar surface area (TPSA) is 80.5 Å². The number of hydrogen-bond donors (Lipinski definition) is 1. The second-order valence-electron chi connectivity index (χ2n) is 8.05. The molecule has 7 nitrogen and oxygen atoms in total. The standard InChI is InChI=1S/C24H28N4O3/c1-17(2)30-21-10-8-18(9-11-21)16-25-22(29)19-12-14-28(15-13-19)24-27-26-23(31-24)20-6-4-3-5-7-20/h3-11,17,19H,12-16H2,1-2H3,(H,25,29). The summed E-state index contributed by atoms with van der Waals surface area (Å²) in [6.07, 6.45) is 1.67. The minimum atomic E-state index is -0.00341. The maximum atomic E-state index is 12.6. The second kappa shape index (κ2) is 9.64. The van der Waals surface area contributed by atoms with Gasteiger partial charge in [0.15, 0.2) is 0 Å². The molecule has 1 saturated heterocycles. The molecule has 7 heteroatoms. The fraction of sp³-hybridized carbons (Fsp3) is 0.375. The highest BCUT2D eigenvalue weighted by molar-refractivity contribution is 5.78. The zero-order valence-corrected chi connectivity index (χ0v) is 18.0. The quantitative estimate of drug-likeness (QED) is 0.621. The lowest BCUT2D eigenvalue weighted by molar-refractivity contribution is -0.125. The maximum Gasteiger partial charge on any atom is 0.318 e. The van der Waals surface area contributed by atoms with Crippen LogP contribution in [0.15, 0.2) is 59.0 Å². The van der Waals surface area contributed by atoms with Crippen LogP contribution in [0.1, 0.15) is 32.3 Å². The first kappa shape index (κ1) is 20.9. The maximum absolute atomic E-state index is 12.6. The van der Waals surface area contributed by atoms with E-state index in [2.05, 4.69) is 20.4 Å². The SMILES string of the molecule is CC(C)Oc1ccc(CNC(=O)C2CCN(c3nnc(-c4ccccc4)o3)CC2)cc1. The van der Waals surface area contributed by atoms with Gasteiger partial charge in [0.1, 0.15) is 5.75 Å². The summed E-state index contributed by atoms with van der Waals surface area (Å²) >= 11 is 0. The van der Waals surface area contributed by atoms with Crippen LogP contribution in [0.2, 0.25) is 0 Å². The van der Waals surface area contributed by atoms with Gasteiger partial charge in [-0.1, -0.05) is 35.4 Å². The molecule has 0 spiro atoms. The van der Waals surface area contributed by atoms with Gasteiger partial charge in [0, 0.05) is 31.1 Å². The van der Waals surface area contributed by atoms with Crippen LogP contribution in [0, 0.1) is 5.92 Å². The molecule has 2 heterocycles. The van der Waals surface area contributed by atoms with Gasteiger partial charge in [-0.3, -0.25) is 4.79 Å². The fourth-order valence-corrected chi connectivity index (χ4v) is 3.67. The third kappa shape index (κ3) is 5.42. The summed E-state index contributed by atoms with van der Waals surface area (Å²) in [6.45, 7) is 5.96. The van der Waals surface area contributed by atoms with Crippen LogP contribution in [0.25, 0.3) is 11.5 Å². The van der Waals surface area contributed by atoms with Crippen molar-refractivity contribution in [3.63, 3.8) is 0 Å². The van der Waals surface area contributed by atoms with Crippen LogP contribution in [-0.4, -0.2) is 35.3 Å². The number of hydrogen-bond acceptors (Lipinski definition) is 6. The number of amides is 1. The lowest BCUT2D eigenvalue weighted by Gasteiger charge is -2.29. The predicted octanol–water partition coefficient (Wildman–Crippen LogP) is 4.06. The number of carbonyl (C=O) groups excluding carboxylic acids is 1. The number of rotatable bonds is 7. The van der Waals surface area contributed by atoms with Gasteiger partial charge in [0.25, 0.3) is 0 Å². The summed E-state index contributed by atoms with van der Waals surface area (Å²) in [5.74, 6) is 1.45. The minimum Gasteiger partial charge on any atom is -0.491 e. The molecule has 0 bridgehead atoms. The number of benzene rings is 2. The Hall–Kier alpha value is -3.35. The number of nitrogens with zero attached hydrogens (tertiary/aromatic N) is 3. The first-order valence-electron chi connectivity index (χ1n) is 10.8. The molecule has 1 amide bonds. The Morgan fingerprint density at radius 3 is 2.48 bits per heavy atom. The molecule has 1 aromatic heterocycles. The Bertz CT molecular complexity index is 978. The molecule has 1 aliphatic heterocycles. The van der Waals surface area contributed by atoms with E-state index in [1.54, 1.807) is 0 Å². The van der Waals surface area contributed by atoms with E-state index in [4.69, 9.17) is 9.15 Å². The van der Waals surface area contributed by atoms with E-state index >= 15 is 0 Å². The molecular formula is C24H28N4O3. The van der Waals surface area contributed by atoms with E-state index in [0.717, 1.165) is 42.8 Å². The van der Waals surface area contributed by atoms with Crippen molar-refractivity contribution in [2.75, 3.05) is 18.0 Å². The van der Waals surface area contributed by atoms with Crippen molar-refractivity contribution in [2.24, 2.45) is 5.92 Å². The van der Waals surface area contributed by atoms with E-state index in [1.807, 2.05) is 68.4 Å². The molecule has 3 aromatic rings. The van der Waals surface area contributed by atoms with Crippen molar-refractivity contribution >= 4 is 11.9 Å². The summed E-state index contributed by atoms with van der Waals surface area (Å²) in [7, 11) is 0. The molecule has 0 atom stereocenters. The monoisotopic (exact) mass is 420 g/mol. The van der Waals surface area contributed by atoms with Crippen molar-refractivity contribution in [1.29, 1.82) is 0 Å². The van der Waals surface area contributed by atoms with Crippen LogP contribution in [0.4, 0.5) is 6.01 Å². The van der Waals surface area contributed by atoms with Crippen LogP contribution >= 0.6 is 0 Å². The number of aromatic nitrogens is 2. The van der Waals surface area contributed by atoms with Gasteiger partial charge in [-0.15, -0.1) is 5.10 Å². The molecule has 1 fully saturated rings. The van der Waals surface area contributed by atoms with E-state index < -0.39 is 0 Å². The van der Waals surface area contributed by atoms with E-state index in [-0.39, 0.29) is 17.9 Å². The number of anilines is 1. The largest absolute Gasteiger partial charge is 0.491 e. The lowest BCUT2D eigenvalue weighted by atomic mass is 9.96. The molecule has 4 rings (SSSR count). The molecule has 0 aliphatic carbocycles. The van der Waals surface area contributed by atoms with E-state index in [1.165, 1.54) is 0 Å². The molecule has 31 heavy (non-hydrogen) atoms. The lowest BCUT2D eigenvalue weighted by Crippen LogP contribution is -2.40. The molecule has 1 aliphatic rings. The Labute approximate surface area is 182 Å². The average Bonchev–Trinajstić information content (AvgIpc) is 3.29. The molecule has 1 N–H and O–H groups in total. The smallest absolute Gasteiger partial charge is 0.318 e. The van der Waals surface area contributed by atoms with Gasteiger partial charge in [-0.2, -0.15) is 0 Å². The van der Waals surface area contributed by atoms with Gasteiger partial charge < -0.3 is 19.4 Å². The van der Waals surface area contributed by atoms with Gasteiger partial charge in [0.2, 0.25) is 11.8 Å². The highest BCUT2D eigenvalue weighted by atomic mass is 16.5. The highest BCUT2D eigenvalue weighted by Crippen LogP contribution is 2.26. The first-order valence-corrected chi connectivity index (χ1v) is 10.8. The van der Waals surface area contributed by atoms with Crippen LogP contribution in [0.5, 0.6) is 5.75 Å². The summed E-state index contributed by atoms with van der Waals surface area (Å²) in [5, 5.41) is 11.4. The third-order valence-electron chi connectivity index (χ3n) is 5.33. The molecule has 0 radical (unpaired) electrons. The zero-order chi connectivity index (χ0) is 21.6. The van der Waals surface area contributed by atoms with Crippen molar-refractivity contribution in [3.05, 3.63) is 60.2 Å². The van der Waals surface area contributed by atoms with Crippen LogP contribution < -0.4 is 15.0 Å². The van der Waals surface area contributed by atoms with Gasteiger partial charge >= 0.3 is 6.01 Å². The summed E-state index contributed by atoms with van der Waals surface area (Å²) < 4.78 is 11.5. The normalized spacial score (nSPS) is 14.6. The van der Waals surface area contributed by atoms with Crippen molar-refractivity contribution in [1.82, 2.24) is 15.5 Å². The molecule has 0 saturated carbocycles. The Morgan fingerprint density at radius 2 is 1.81 bits per heavy atom. The molecule has 0 unspecified atom stereocenters. The van der Waals surface area contributed by atoms with Crippen molar-refractivity contribution in [2.45, 2.75) is 39.3 Å². The van der Waals surface area contributed by atoms with Crippen molar-refractivity contribution < 1.29 is 13.9 Å². The zero-order valence-electron chi connectivity index (χ0n) is 18.0. The number of carbonyl (C=O) groups is 1. The Kier molecular flexibility index (Phi) is 6.50. The van der Waals surface area contributed by atoms with Gasteiger partial charge in [0.05, 0.1) is 6.10 Å². The number of piperidine rings is 1. The second-order valence-corrected chi connectivity index (χ2v) is 8.05.